The van der Waals surface area contributed by atoms with Gasteiger partial charge in [0.15, 0.2) is 6.61 Å². The summed E-state index contributed by atoms with van der Waals surface area (Å²) in [5, 5.41) is 10.8. The van der Waals surface area contributed by atoms with E-state index in [1.807, 2.05) is 0 Å². The molecule has 0 amide bonds. The standard InChI is InChI=1S/C23H27NO6/c1-2-3-4-5-6-7-15-29-21-13-11-18(12-14-21)23(26)30-17-22(25)19-9-8-10-20(16-19)24(27)28/h8-14,16H,2-7,15,17H2,1H3. The fourth-order valence-corrected chi connectivity index (χ4v) is 2.85. The first-order chi connectivity index (χ1) is 14.5. The van der Waals surface area contributed by atoms with Gasteiger partial charge in [-0.15, -0.1) is 0 Å². The van der Waals surface area contributed by atoms with Crippen molar-refractivity contribution >= 4 is 17.4 Å². The lowest BCUT2D eigenvalue weighted by Crippen LogP contribution is -2.14. The zero-order valence-electron chi connectivity index (χ0n) is 17.2. The number of non-ortho nitro benzene ring substituents is 1. The molecule has 0 N–H and O–H groups in total. The van der Waals surface area contributed by atoms with Crippen molar-refractivity contribution in [1.82, 2.24) is 0 Å². The van der Waals surface area contributed by atoms with E-state index in [0.717, 1.165) is 18.9 Å². The number of Topliss-reactive ketones (excluding diaryl/α,β-unsaturated/α-hetero) is 1. The van der Waals surface area contributed by atoms with E-state index in [-0.39, 0.29) is 11.3 Å². The van der Waals surface area contributed by atoms with Crippen molar-refractivity contribution < 1.29 is 24.0 Å². The van der Waals surface area contributed by atoms with E-state index in [0.29, 0.717) is 17.9 Å². The van der Waals surface area contributed by atoms with E-state index < -0.39 is 23.3 Å². The Balaban J connectivity index is 1.76. The lowest BCUT2D eigenvalue weighted by molar-refractivity contribution is -0.384. The number of nitro groups is 1. The number of rotatable bonds is 13. The summed E-state index contributed by atoms with van der Waals surface area (Å²) in [7, 11) is 0. The van der Waals surface area contributed by atoms with Crippen LogP contribution in [0.25, 0.3) is 0 Å². The molecule has 0 aromatic heterocycles. The molecule has 0 aliphatic heterocycles. The van der Waals surface area contributed by atoms with Crippen molar-refractivity contribution in [2.75, 3.05) is 13.2 Å². The molecule has 0 heterocycles. The molecule has 2 aromatic carbocycles. The molecule has 0 bridgehead atoms. The van der Waals surface area contributed by atoms with E-state index in [4.69, 9.17) is 9.47 Å². The summed E-state index contributed by atoms with van der Waals surface area (Å²) in [6.45, 7) is 2.33. The van der Waals surface area contributed by atoms with Gasteiger partial charge in [0.1, 0.15) is 5.75 Å². The van der Waals surface area contributed by atoms with E-state index in [1.54, 1.807) is 24.3 Å². The molecule has 0 radical (unpaired) electrons. The SMILES string of the molecule is CCCCCCCCOc1ccc(C(=O)OCC(=O)c2cccc([N+](=O)[O-])c2)cc1. The molecule has 0 atom stereocenters. The zero-order chi connectivity index (χ0) is 21.8. The molecule has 2 rings (SSSR count). The maximum atomic E-state index is 12.1. The summed E-state index contributed by atoms with van der Waals surface area (Å²) in [6.07, 6.45) is 7.12. The Bertz CT molecular complexity index is 847. The number of benzene rings is 2. The highest BCUT2D eigenvalue weighted by molar-refractivity contribution is 5.99. The van der Waals surface area contributed by atoms with Gasteiger partial charge >= 0.3 is 5.97 Å². The number of nitrogens with zero attached hydrogens (tertiary/aromatic N) is 1. The molecule has 7 heteroatoms. The third-order valence-corrected chi connectivity index (χ3v) is 4.57. The second kappa shape index (κ2) is 12.4. The molecule has 0 aliphatic rings. The quantitative estimate of drug-likeness (QED) is 0.144. The van der Waals surface area contributed by atoms with Crippen LogP contribution in [0, 0.1) is 10.1 Å². The van der Waals surface area contributed by atoms with Crippen molar-refractivity contribution in [3.8, 4) is 5.75 Å². The summed E-state index contributed by atoms with van der Waals surface area (Å²) in [4.78, 5) is 34.5. The van der Waals surface area contributed by atoms with E-state index in [9.17, 15) is 19.7 Å². The molecular weight excluding hydrogens is 386 g/mol. The van der Waals surface area contributed by atoms with Crippen LogP contribution in [0.5, 0.6) is 5.75 Å². The Kier molecular flexibility index (Phi) is 9.51. The fourth-order valence-electron chi connectivity index (χ4n) is 2.85. The van der Waals surface area contributed by atoms with Crippen LogP contribution < -0.4 is 4.74 Å². The van der Waals surface area contributed by atoms with Crippen LogP contribution in [-0.2, 0) is 4.74 Å². The minimum Gasteiger partial charge on any atom is -0.494 e. The van der Waals surface area contributed by atoms with Gasteiger partial charge < -0.3 is 9.47 Å². The number of carbonyl (C=O) groups excluding carboxylic acids is 2. The van der Waals surface area contributed by atoms with Gasteiger partial charge in [-0.1, -0.05) is 51.2 Å². The molecule has 0 spiro atoms. The van der Waals surface area contributed by atoms with Gasteiger partial charge in [0.2, 0.25) is 5.78 Å². The lowest BCUT2D eigenvalue weighted by Gasteiger charge is -2.08. The summed E-state index contributed by atoms with van der Waals surface area (Å²) < 4.78 is 10.7. The van der Waals surface area contributed by atoms with Crippen LogP contribution in [0.15, 0.2) is 48.5 Å². The topological polar surface area (TPSA) is 95.7 Å². The second-order valence-electron chi connectivity index (χ2n) is 6.95. The number of ether oxygens (including phenoxy) is 2. The Hall–Kier alpha value is -3.22. The van der Waals surface area contributed by atoms with Crippen LogP contribution >= 0.6 is 0 Å². The first kappa shape index (κ1) is 23.1. The number of carbonyl (C=O) groups is 2. The smallest absolute Gasteiger partial charge is 0.338 e. The number of hydrogen-bond donors (Lipinski definition) is 0. The third-order valence-electron chi connectivity index (χ3n) is 4.57. The maximum Gasteiger partial charge on any atom is 0.338 e. The molecule has 0 fully saturated rings. The van der Waals surface area contributed by atoms with Crippen LogP contribution in [0.3, 0.4) is 0 Å². The lowest BCUT2D eigenvalue weighted by atomic mass is 10.1. The number of nitro benzene ring substituents is 1. The van der Waals surface area contributed by atoms with Crippen LogP contribution in [0.1, 0.15) is 66.2 Å². The molecular formula is C23H27NO6. The summed E-state index contributed by atoms with van der Waals surface area (Å²) in [5.74, 6) is -0.477. The van der Waals surface area contributed by atoms with Crippen LogP contribution in [0.2, 0.25) is 0 Å². The highest BCUT2D eigenvalue weighted by Gasteiger charge is 2.14. The van der Waals surface area contributed by atoms with E-state index >= 15 is 0 Å². The number of unbranched alkanes of at least 4 members (excludes halogenated alkanes) is 5. The molecule has 0 saturated carbocycles. The molecule has 7 nitrogen and oxygen atoms in total. The molecule has 0 aliphatic carbocycles. The summed E-state index contributed by atoms with van der Waals surface area (Å²) in [5.41, 5.74) is 0.230. The van der Waals surface area contributed by atoms with E-state index in [2.05, 4.69) is 6.92 Å². The second-order valence-corrected chi connectivity index (χ2v) is 6.95. The van der Waals surface area contributed by atoms with Gasteiger partial charge in [0, 0.05) is 17.7 Å². The fraction of sp³-hybridized carbons (Fsp3) is 0.391. The number of ketones is 1. The van der Waals surface area contributed by atoms with Crippen molar-refractivity contribution in [3.63, 3.8) is 0 Å². The minimum atomic E-state index is -0.642. The highest BCUT2D eigenvalue weighted by atomic mass is 16.6. The molecule has 0 saturated heterocycles. The van der Waals surface area contributed by atoms with Crippen LogP contribution in [0.4, 0.5) is 5.69 Å². The summed E-state index contributed by atoms with van der Waals surface area (Å²) >= 11 is 0. The van der Waals surface area contributed by atoms with Gasteiger partial charge in [-0.2, -0.15) is 0 Å². The highest BCUT2D eigenvalue weighted by Crippen LogP contribution is 2.16. The Morgan fingerprint density at radius 1 is 0.933 bits per heavy atom. The van der Waals surface area contributed by atoms with Crippen molar-refractivity contribution in [2.24, 2.45) is 0 Å². The largest absolute Gasteiger partial charge is 0.494 e. The summed E-state index contributed by atoms with van der Waals surface area (Å²) in [6, 6.07) is 11.8. The monoisotopic (exact) mass is 413 g/mol. The van der Waals surface area contributed by atoms with Crippen molar-refractivity contribution in [2.45, 2.75) is 45.4 Å². The van der Waals surface area contributed by atoms with E-state index in [1.165, 1.54) is 43.9 Å². The van der Waals surface area contributed by atoms with Crippen molar-refractivity contribution in [1.29, 1.82) is 0 Å². The molecule has 2 aromatic rings. The predicted molar refractivity (Wildman–Crippen MR) is 113 cm³/mol. The molecule has 160 valence electrons. The van der Waals surface area contributed by atoms with Gasteiger partial charge in [-0.05, 0) is 30.7 Å². The normalized spacial score (nSPS) is 10.4. The first-order valence-electron chi connectivity index (χ1n) is 10.2. The van der Waals surface area contributed by atoms with Gasteiger partial charge in [-0.3, -0.25) is 14.9 Å². The average molecular weight is 413 g/mol. The Morgan fingerprint density at radius 3 is 2.33 bits per heavy atom. The zero-order valence-corrected chi connectivity index (χ0v) is 17.2. The third kappa shape index (κ3) is 7.66. The van der Waals surface area contributed by atoms with Crippen molar-refractivity contribution in [3.05, 3.63) is 69.8 Å². The minimum absolute atomic E-state index is 0.121. The first-order valence-corrected chi connectivity index (χ1v) is 10.2. The van der Waals surface area contributed by atoms with Gasteiger partial charge in [0.05, 0.1) is 17.1 Å². The van der Waals surface area contributed by atoms with Gasteiger partial charge in [-0.25, -0.2) is 4.79 Å². The Labute approximate surface area is 176 Å². The van der Waals surface area contributed by atoms with Gasteiger partial charge in [0.25, 0.3) is 5.69 Å². The molecule has 30 heavy (non-hydrogen) atoms. The maximum absolute atomic E-state index is 12.1. The number of hydrogen-bond acceptors (Lipinski definition) is 6. The predicted octanol–water partition coefficient (Wildman–Crippen LogP) is 5.37. The molecule has 0 unspecified atom stereocenters. The number of esters is 1. The Morgan fingerprint density at radius 2 is 1.63 bits per heavy atom. The average Bonchev–Trinajstić information content (AvgIpc) is 2.77. The van der Waals surface area contributed by atoms with Crippen LogP contribution in [-0.4, -0.2) is 29.9 Å².